The molecule has 0 aliphatic carbocycles. The molecule has 0 unspecified atom stereocenters. The predicted molar refractivity (Wildman–Crippen MR) is 52.8 cm³/mol. The molecular weight excluding hydrogens is 178 g/mol. The summed E-state index contributed by atoms with van der Waals surface area (Å²) in [6, 6.07) is 3.72. The molecule has 2 aromatic rings. The fourth-order valence-electron chi connectivity index (χ4n) is 1.15. The first-order valence-electron chi connectivity index (χ1n) is 4.23. The first-order valence-corrected chi connectivity index (χ1v) is 4.23. The minimum Gasteiger partial charge on any atom is -0.313 e. The second-order valence-electron chi connectivity index (χ2n) is 3.02. The first kappa shape index (κ1) is 8.62. The van der Waals surface area contributed by atoms with Gasteiger partial charge in [-0.3, -0.25) is 9.78 Å². The van der Waals surface area contributed by atoms with Gasteiger partial charge in [-0.25, -0.2) is 4.98 Å². The highest BCUT2D eigenvalue weighted by molar-refractivity contribution is 5.56. The lowest BCUT2D eigenvalue weighted by Gasteiger charge is -1.98. The number of aromatic nitrogens is 3. The Bertz CT molecular complexity index is 487. The molecule has 0 fully saturated rings. The SMILES string of the molecule is Cc1ccc(-c2cnc[nH]c2=O)nc1. The van der Waals surface area contributed by atoms with Gasteiger partial charge in [0.1, 0.15) is 0 Å². The third-order valence-electron chi connectivity index (χ3n) is 1.91. The van der Waals surface area contributed by atoms with Crippen molar-refractivity contribution in [1.82, 2.24) is 15.0 Å². The Balaban J connectivity index is 2.56. The van der Waals surface area contributed by atoms with E-state index in [1.807, 2.05) is 19.1 Å². The molecule has 14 heavy (non-hydrogen) atoms. The van der Waals surface area contributed by atoms with Crippen molar-refractivity contribution in [2.45, 2.75) is 6.92 Å². The van der Waals surface area contributed by atoms with E-state index in [4.69, 9.17) is 0 Å². The molecule has 0 radical (unpaired) electrons. The zero-order chi connectivity index (χ0) is 9.97. The van der Waals surface area contributed by atoms with Crippen molar-refractivity contribution >= 4 is 0 Å². The summed E-state index contributed by atoms with van der Waals surface area (Å²) >= 11 is 0. The van der Waals surface area contributed by atoms with Gasteiger partial charge in [0.05, 0.1) is 17.6 Å². The third kappa shape index (κ3) is 1.54. The summed E-state index contributed by atoms with van der Waals surface area (Å²) in [4.78, 5) is 21.9. The molecule has 0 spiro atoms. The van der Waals surface area contributed by atoms with E-state index in [0.717, 1.165) is 5.56 Å². The zero-order valence-corrected chi connectivity index (χ0v) is 7.69. The smallest absolute Gasteiger partial charge is 0.260 e. The summed E-state index contributed by atoms with van der Waals surface area (Å²) in [5, 5.41) is 0. The summed E-state index contributed by atoms with van der Waals surface area (Å²) in [6.07, 6.45) is 4.60. The van der Waals surface area contributed by atoms with Crippen molar-refractivity contribution in [3.8, 4) is 11.3 Å². The van der Waals surface area contributed by atoms with E-state index in [-0.39, 0.29) is 5.56 Å². The Labute approximate surface area is 80.7 Å². The molecule has 2 rings (SSSR count). The molecule has 1 N–H and O–H groups in total. The molecule has 0 amide bonds. The van der Waals surface area contributed by atoms with E-state index >= 15 is 0 Å². The van der Waals surface area contributed by atoms with Crippen LogP contribution >= 0.6 is 0 Å². The number of aromatic amines is 1. The van der Waals surface area contributed by atoms with Gasteiger partial charge in [0.15, 0.2) is 0 Å². The summed E-state index contributed by atoms with van der Waals surface area (Å²) < 4.78 is 0. The molecule has 0 aromatic carbocycles. The van der Waals surface area contributed by atoms with Crippen LogP contribution in [0.4, 0.5) is 0 Å². The fraction of sp³-hybridized carbons (Fsp3) is 0.100. The van der Waals surface area contributed by atoms with E-state index in [0.29, 0.717) is 11.3 Å². The monoisotopic (exact) mass is 187 g/mol. The Morgan fingerprint density at radius 1 is 1.29 bits per heavy atom. The quantitative estimate of drug-likeness (QED) is 0.728. The molecular formula is C10H9N3O. The number of hydrogen-bond acceptors (Lipinski definition) is 3. The minimum absolute atomic E-state index is 0.170. The zero-order valence-electron chi connectivity index (χ0n) is 7.69. The summed E-state index contributed by atoms with van der Waals surface area (Å²) in [7, 11) is 0. The summed E-state index contributed by atoms with van der Waals surface area (Å²) in [5.41, 5.74) is 2.03. The van der Waals surface area contributed by atoms with Gasteiger partial charge < -0.3 is 4.98 Å². The molecule has 0 saturated heterocycles. The largest absolute Gasteiger partial charge is 0.313 e. The van der Waals surface area contributed by atoms with E-state index in [1.54, 1.807) is 6.20 Å². The summed E-state index contributed by atoms with van der Waals surface area (Å²) in [6.45, 7) is 1.95. The number of nitrogens with zero attached hydrogens (tertiary/aromatic N) is 2. The molecule has 4 heteroatoms. The minimum atomic E-state index is -0.170. The molecule has 0 aliphatic heterocycles. The Hall–Kier alpha value is -1.97. The van der Waals surface area contributed by atoms with Crippen LogP contribution in [0.15, 0.2) is 35.6 Å². The van der Waals surface area contributed by atoms with Gasteiger partial charge in [-0.2, -0.15) is 0 Å². The van der Waals surface area contributed by atoms with Gasteiger partial charge >= 0.3 is 0 Å². The lowest BCUT2D eigenvalue weighted by atomic mass is 10.2. The highest BCUT2D eigenvalue weighted by Crippen LogP contribution is 2.10. The van der Waals surface area contributed by atoms with Crippen LogP contribution < -0.4 is 5.56 Å². The van der Waals surface area contributed by atoms with E-state index in [1.165, 1.54) is 12.5 Å². The second kappa shape index (κ2) is 3.41. The number of nitrogens with one attached hydrogen (secondary N) is 1. The lowest BCUT2D eigenvalue weighted by Crippen LogP contribution is -2.09. The van der Waals surface area contributed by atoms with Crippen molar-refractivity contribution in [3.05, 3.63) is 46.8 Å². The maximum absolute atomic E-state index is 11.4. The molecule has 70 valence electrons. The molecule has 2 heterocycles. The van der Waals surface area contributed by atoms with Crippen molar-refractivity contribution < 1.29 is 0 Å². The maximum atomic E-state index is 11.4. The Morgan fingerprint density at radius 2 is 2.14 bits per heavy atom. The molecule has 2 aromatic heterocycles. The molecule has 0 aliphatic rings. The van der Waals surface area contributed by atoms with Crippen LogP contribution in [-0.4, -0.2) is 15.0 Å². The number of aryl methyl sites for hydroxylation is 1. The predicted octanol–water partition coefficient (Wildman–Crippen LogP) is 1.14. The van der Waals surface area contributed by atoms with Crippen LogP contribution in [0.3, 0.4) is 0 Å². The standard InChI is InChI=1S/C10H9N3O/c1-7-2-3-9(12-4-7)8-5-11-6-13-10(8)14/h2-6H,1H3,(H,11,13,14). The Morgan fingerprint density at radius 3 is 2.79 bits per heavy atom. The van der Waals surface area contributed by atoms with Gasteiger partial charge in [-0.15, -0.1) is 0 Å². The van der Waals surface area contributed by atoms with Crippen LogP contribution in [0.5, 0.6) is 0 Å². The van der Waals surface area contributed by atoms with Gasteiger partial charge in [0.2, 0.25) is 0 Å². The molecule has 4 nitrogen and oxygen atoms in total. The second-order valence-corrected chi connectivity index (χ2v) is 3.02. The summed E-state index contributed by atoms with van der Waals surface area (Å²) in [5.74, 6) is 0. The van der Waals surface area contributed by atoms with Crippen LogP contribution in [0, 0.1) is 6.92 Å². The molecule has 0 bridgehead atoms. The molecule has 0 atom stereocenters. The number of pyridine rings is 1. The number of H-pyrrole nitrogens is 1. The lowest BCUT2D eigenvalue weighted by molar-refractivity contribution is 1.11. The highest BCUT2D eigenvalue weighted by Gasteiger charge is 2.02. The third-order valence-corrected chi connectivity index (χ3v) is 1.91. The van der Waals surface area contributed by atoms with Gasteiger partial charge in [0, 0.05) is 12.4 Å². The molecule has 0 saturated carbocycles. The van der Waals surface area contributed by atoms with Gasteiger partial charge in [-0.05, 0) is 18.6 Å². The van der Waals surface area contributed by atoms with Crippen molar-refractivity contribution in [2.24, 2.45) is 0 Å². The highest BCUT2D eigenvalue weighted by atomic mass is 16.1. The van der Waals surface area contributed by atoms with Crippen LogP contribution in [-0.2, 0) is 0 Å². The average molecular weight is 187 g/mol. The van der Waals surface area contributed by atoms with Crippen molar-refractivity contribution in [1.29, 1.82) is 0 Å². The van der Waals surface area contributed by atoms with E-state index in [2.05, 4.69) is 15.0 Å². The van der Waals surface area contributed by atoms with E-state index < -0.39 is 0 Å². The van der Waals surface area contributed by atoms with Gasteiger partial charge in [0.25, 0.3) is 5.56 Å². The topological polar surface area (TPSA) is 58.6 Å². The van der Waals surface area contributed by atoms with Crippen molar-refractivity contribution in [3.63, 3.8) is 0 Å². The average Bonchev–Trinajstić information content (AvgIpc) is 2.20. The number of hydrogen-bond donors (Lipinski definition) is 1. The van der Waals surface area contributed by atoms with Crippen molar-refractivity contribution in [2.75, 3.05) is 0 Å². The Kier molecular flexibility index (Phi) is 2.10. The van der Waals surface area contributed by atoms with Gasteiger partial charge in [-0.1, -0.05) is 6.07 Å². The normalized spacial score (nSPS) is 10.1. The number of rotatable bonds is 1. The first-order chi connectivity index (χ1) is 6.77. The van der Waals surface area contributed by atoms with Crippen LogP contribution in [0.25, 0.3) is 11.3 Å². The van der Waals surface area contributed by atoms with E-state index in [9.17, 15) is 4.79 Å². The van der Waals surface area contributed by atoms with Crippen LogP contribution in [0.2, 0.25) is 0 Å². The fourth-order valence-corrected chi connectivity index (χ4v) is 1.15. The van der Waals surface area contributed by atoms with Crippen LogP contribution in [0.1, 0.15) is 5.56 Å². The maximum Gasteiger partial charge on any atom is 0.260 e.